The molecule has 1 fully saturated rings. The number of benzene rings is 5. The van der Waals surface area contributed by atoms with Crippen LogP contribution in [0.4, 0.5) is 0 Å². The van der Waals surface area contributed by atoms with Crippen LogP contribution in [0.3, 0.4) is 0 Å². The first-order valence-electron chi connectivity index (χ1n) is 11.0. The number of rotatable bonds is 2. The maximum absolute atomic E-state index is 6.22. The number of hydrogen-bond donors (Lipinski definition) is 0. The molecule has 0 atom stereocenters. The van der Waals surface area contributed by atoms with Gasteiger partial charge in [0, 0.05) is 0 Å². The molecule has 0 amide bonds. The van der Waals surface area contributed by atoms with Crippen molar-refractivity contribution in [2.75, 3.05) is 0 Å². The molecule has 0 saturated carbocycles. The van der Waals surface area contributed by atoms with E-state index in [4.69, 9.17) is 9.31 Å². The van der Waals surface area contributed by atoms with Gasteiger partial charge in [0.05, 0.1) is 11.2 Å². The van der Waals surface area contributed by atoms with E-state index in [9.17, 15) is 0 Å². The Labute approximate surface area is 183 Å². The van der Waals surface area contributed by atoms with E-state index < -0.39 is 0 Å². The Morgan fingerprint density at radius 3 is 1.77 bits per heavy atom. The minimum Gasteiger partial charge on any atom is -0.399 e. The monoisotopic (exact) mass is 404 g/mol. The molecule has 0 N–H and O–H groups in total. The summed E-state index contributed by atoms with van der Waals surface area (Å²) in [5.74, 6) is 0. The Morgan fingerprint density at radius 2 is 1.13 bits per heavy atom. The summed E-state index contributed by atoms with van der Waals surface area (Å²) in [6, 6.07) is 28.6. The van der Waals surface area contributed by atoms with Crippen LogP contribution in [0.1, 0.15) is 27.7 Å². The fourth-order valence-corrected chi connectivity index (χ4v) is 4.79. The molecule has 0 aliphatic carbocycles. The topological polar surface area (TPSA) is 18.5 Å². The van der Waals surface area contributed by atoms with Gasteiger partial charge in [-0.15, -0.1) is 0 Å². The fourth-order valence-electron chi connectivity index (χ4n) is 4.79. The molecular formula is C28H25BO2. The molecule has 152 valence electrons. The summed E-state index contributed by atoms with van der Waals surface area (Å²) in [4.78, 5) is 0. The zero-order valence-electron chi connectivity index (χ0n) is 18.4. The molecule has 0 unspecified atom stereocenters. The van der Waals surface area contributed by atoms with Gasteiger partial charge < -0.3 is 9.31 Å². The third kappa shape index (κ3) is 2.73. The molecule has 1 saturated heterocycles. The molecule has 0 radical (unpaired) electrons. The Kier molecular flexibility index (Phi) is 3.84. The van der Waals surface area contributed by atoms with E-state index in [1.165, 1.54) is 43.4 Å². The molecule has 3 heteroatoms. The summed E-state index contributed by atoms with van der Waals surface area (Å²) in [5, 5.41) is 7.88. The lowest BCUT2D eigenvalue weighted by Crippen LogP contribution is -2.41. The van der Waals surface area contributed by atoms with Crippen molar-refractivity contribution in [1.29, 1.82) is 0 Å². The van der Waals surface area contributed by atoms with Crippen molar-refractivity contribution in [1.82, 2.24) is 0 Å². The lowest BCUT2D eigenvalue weighted by atomic mass is 9.78. The van der Waals surface area contributed by atoms with Crippen molar-refractivity contribution in [3.63, 3.8) is 0 Å². The average Bonchev–Trinajstić information content (AvgIpc) is 2.99. The highest BCUT2D eigenvalue weighted by Crippen LogP contribution is 2.39. The van der Waals surface area contributed by atoms with Crippen LogP contribution in [0.2, 0.25) is 0 Å². The molecule has 2 nitrogen and oxygen atoms in total. The van der Waals surface area contributed by atoms with Crippen LogP contribution in [0.25, 0.3) is 43.4 Å². The van der Waals surface area contributed by atoms with Crippen molar-refractivity contribution >= 4 is 44.9 Å². The van der Waals surface area contributed by atoms with E-state index in [-0.39, 0.29) is 18.3 Å². The van der Waals surface area contributed by atoms with Gasteiger partial charge in [0.2, 0.25) is 0 Å². The van der Waals surface area contributed by atoms with Crippen LogP contribution >= 0.6 is 0 Å². The first-order chi connectivity index (χ1) is 14.8. The summed E-state index contributed by atoms with van der Waals surface area (Å²) in [6.07, 6.45) is 0. The standard InChI is InChI=1S/C28H25BO2/c1-27(2)28(3,4)31-29(30-27)22-14-10-18(11-15-22)23-16-12-21-9-8-19-6-5-7-20-13-17-24(23)26(21)25(19)20/h5-17H,1-4H3. The third-order valence-corrected chi connectivity index (χ3v) is 7.28. The predicted octanol–water partition coefficient (Wildman–Crippen LogP) is 6.55. The minimum absolute atomic E-state index is 0.331. The van der Waals surface area contributed by atoms with Crippen LogP contribution in [-0.4, -0.2) is 18.3 Å². The van der Waals surface area contributed by atoms with Gasteiger partial charge in [-0.2, -0.15) is 0 Å². The van der Waals surface area contributed by atoms with Gasteiger partial charge in [-0.25, -0.2) is 0 Å². The zero-order chi connectivity index (χ0) is 21.4. The normalized spacial score (nSPS) is 17.9. The Hall–Kier alpha value is -2.88. The largest absolute Gasteiger partial charge is 0.494 e. The zero-order valence-corrected chi connectivity index (χ0v) is 18.4. The lowest BCUT2D eigenvalue weighted by molar-refractivity contribution is 0.00578. The highest BCUT2D eigenvalue weighted by molar-refractivity contribution is 6.62. The van der Waals surface area contributed by atoms with E-state index >= 15 is 0 Å². The van der Waals surface area contributed by atoms with E-state index in [1.807, 2.05) is 0 Å². The van der Waals surface area contributed by atoms with E-state index in [2.05, 4.69) is 107 Å². The maximum Gasteiger partial charge on any atom is 0.494 e. The van der Waals surface area contributed by atoms with Crippen molar-refractivity contribution in [2.45, 2.75) is 38.9 Å². The third-order valence-electron chi connectivity index (χ3n) is 7.28. The summed E-state index contributed by atoms with van der Waals surface area (Å²) in [7, 11) is -0.333. The summed E-state index contributed by atoms with van der Waals surface area (Å²) < 4.78 is 12.4. The lowest BCUT2D eigenvalue weighted by Gasteiger charge is -2.32. The summed E-state index contributed by atoms with van der Waals surface area (Å²) in [5.41, 5.74) is 2.86. The second-order valence-electron chi connectivity index (χ2n) is 9.68. The first-order valence-corrected chi connectivity index (χ1v) is 11.0. The van der Waals surface area contributed by atoms with Crippen LogP contribution in [0.15, 0.2) is 78.9 Å². The van der Waals surface area contributed by atoms with Crippen molar-refractivity contribution in [2.24, 2.45) is 0 Å². The van der Waals surface area contributed by atoms with E-state index in [0.29, 0.717) is 0 Å². The molecule has 1 aliphatic rings. The Balaban J connectivity index is 1.46. The van der Waals surface area contributed by atoms with Gasteiger partial charge >= 0.3 is 7.12 Å². The molecular weight excluding hydrogens is 379 g/mol. The Bertz CT molecular complexity index is 1400. The van der Waals surface area contributed by atoms with Crippen molar-refractivity contribution < 1.29 is 9.31 Å². The minimum atomic E-state index is -0.333. The quantitative estimate of drug-likeness (QED) is 0.245. The van der Waals surface area contributed by atoms with Crippen LogP contribution < -0.4 is 5.46 Å². The average molecular weight is 404 g/mol. The molecule has 6 rings (SSSR count). The molecule has 0 bridgehead atoms. The van der Waals surface area contributed by atoms with Gasteiger partial charge in [0.1, 0.15) is 0 Å². The molecule has 5 aromatic rings. The summed E-state index contributed by atoms with van der Waals surface area (Å²) in [6.45, 7) is 8.36. The second kappa shape index (κ2) is 6.32. The van der Waals surface area contributed by atoms with E-state index in [0.717, 1.165) is 5.46 Å². The highest BCUT2D eigenvalue weighted by atomic mass is 16.7. The molecule has 5 aromatic carbocycles. The van der Waals surface area contributed by atoms with Crippen molar-refractivity contribution in [3.05, 3.63) is 78.9 Å². The van der Waals surface area contributed by atoms with Gasteiger partial charge in [-0.1, -0.05) is 78.9 Å². The molecule has 0 spiro atoms. The highest BCUT2D eigenvalue weighted by Gasteiger charge is 2.51. The second-order valence-corrected chi connectivity index (χ2v) is 9.68. The predicted molar refractivity (Wildman–Crippen MR) is 131 cm³/mol. The smallest absolute Gasteiger partial charge is 0.399 e. The first kappa shape index (κ1) is 18.9. The van der Waals surface area contributed by atoms with E-state index in [1.54, 1.807) is 0 Å². The van der Waals surface area contributed by atoms with Gasteiger partial charge in [0.15, 0.2) is 0 Å². The van der Waals surface area contributed by atoms with Gasteiger partial charge in [-0.3, -0.25) is 0 Å². The van der Waals surface area contributed by atoms with Crippen molar-refractivity contribution in [3.8, 4) is 11.1 Å². The van der Waals surface area contributed by atoms with Crippen LogP contribution in [0, 0.1) is 0 Å². The fraction of sp³-hybridized carbons (Fsp3) is 0.214. The molecule has 1 aliphatic heterocycles. The molecule has 31 heavy (non-hydrogen) atoms. The van der Waals surface area contributed by atoms with Crippen LogP contribution in [0.5, 0.6) is 0 Å². The summed E-state index contributed by atoms with van der Waals surface area (Å²) >= 11 is 0. The van der Waals surface area contributed by atoms with Crippen LogP contribution in [-0.2, 0) is 9.31 Å². The Morgan fingerprint density at radius 1 is 0.581 bits per heavy atom. The molecule has 0 aromatic heterocycles. The maximum atomic E-state index is 6.22. The van der Waals surface area contributed by atoms with Gasteiger partial charge in [0.25, 0.3) is 0 Å². The number of hydrogen-bond acceptors (Lipinski definition) is 2. The molecule has 1 heterocycles. The SMILES string of the molecule is CC1(C)OB(c2ccc(-c3ccc4ccc5cccc6ccc3c4c56)cc2)OC1(C)C. The van der Waals surface area contributed by atoms with Gasteiger partial charge in [-0.05, 0) is 76.6 Å².